The lowest BCUT2D eigenvalue weighted by Gasteiger charge is -2.40. The molecule has 2 N–H and O–H groups in total. The van der Waals surface area contributed by atoms with E-state index in [1.54, 1.807) is 0 Å². The first-order chi connectivity index (χ1) is 10.5. The molecule has 3 nitrogen and oxygen atoms in total. The van der Waals surface area contributed by atoms with Crippen LogP contribution in [0.2, 0.25) is 0 Å². The van der Waals surface area contributed by atoms with Crippen molar-refractivity contribution in [1.82, 2.24) is 0 Å². The fourth-order valence-electron chi connectivity index (χ4n) is 4.09. The van der Waals surface area contributed by atoms with Crippen molar-refractivity contribution in [3.8, 4) is 5.75 Å². The molecule has 1 aromatic carbocycles. The second kappa shape index (κ2) is 6.21. The van der Waals surface area contributed by atoms with E-state index in [1.807, 2.05) is 7.11 Å². The summed E-state index contributed by atoms with van der Waals surface area (Å²) in [6, 6.07) is 6.65. The second-order valence-corrected chi connectivity index (χ2v) is 7.52. The lowest BCUT2D eigenvalue weighted by molar-refractivity contribution is 0.0207. The number of methoxy groups -OCH3 is 1. The predicted octanol–water partition coefficient (Wildman–Crippen LogP) is 3.85. The van der Waals surface area contributed by atoms with Gasteiger partial charge in [0.25, 0.3) is 0 Å². The van der Waals surface area contributed by atoms with Gasteiger partial charge in [-0.25, -0.2) is 0 Å². The van der Waals surface area contributed by atoms with Crippen LogP contribution >= 0.6 is 0 Å². The summed E-state index contributed by atoms with van der Waals surface area (Å²) >= 11 is 0. The van der Waals surface area contributed by atoms with Crippen LogP contribution in [0.15, 0.2) is 18.2 Å². The van der Waals surface area contributed by atoms with Crippen LogP contribution in [0.5, 0.6) is 5.75 Å². The number of benzene rings is 1. The van der Waals surface area contributed by atoms with Crippen molar-refractivity contribution in [2.75, 3.05) is 13.7 Å². The van der Waals surface area contributed by atoms with Crippen LogP contribution < -0.4 is 10.5 Å². The van der Waals surface area contributed by atoms with E-state index < -0.39 is 0 Å². The van der Waals surface area contributed by atoms with Crippen LogP contribution in [-0.4, -0.2) is 19.8 Å². The van der Waals surface area contributed by atoms with Crippen LogP contribution in [0.1, 0.15) is 56.7 Å². The van der Waals surface area contributed by atoms with Gasteiger partial charge in [-0.2, -0.15) is 0 Å². The van der Waals surface area contributed by atoms with E-state index in [1.165, 1.54) is 24.0 Å². The summed E-state index contributed by atoms with van der Waals surface area (Å²) in [6.07, 6.45) is 6.15. The molecule has 1 atom stereocenters. The summed E-state index contributed by atoms with van der Waals surface area (Å²) in [5.74, 6) is 1.50. The predicted molar refractivity (Wildman–Crippen MR) is 89.1 cm³/mol. The van der Waals surface area contributed by atoms with Gasteiger partial charge in [0.15, 0.2) is 0 Å². The van der Waals surface area contributed by atoms with E-state index in [4.69, 9.17) is 15.2 Å². The SMILES string of the molecule is CO[C@H]1CC[C@]2(CC1)Cc1ccc(OCC(C)C)cc1C2N. The minimum absolute atomic E-state index is 0.142. The highest BCUT2D eigenvalue weighted by Crippen LogP contribution is 2.53. The Labute approximate surface area is 134 Å². The summed E-state index contributed by atoms with van der Waals surface area (Å²) < 4.78 is 11.4. The fraction of sp³-hybridized carbons (Fsp3) is 0.684. The summed E-state index contributed by atoms with van der Waals surface area (Å²) in [5.41, 5.74) is 9.64. The Kier molecular flexibility index (Phi) is 4.47. The summed E-state index contributed by atoms with van der Waals surface area (Å²) in [7, 11) is 1.82. The van der Waals surface area contributed by atoms with Gasteiger partial charge < -0.3 is 15.2 Å². The van der Waals surface area contributed by atoms with Crippen molar-refractivity contribution in [2.24, 2.45) is 17.1 Å². The molecular formula is C19H29NO2. The Bertz CT molecular complexity index is 518. The molecule has 1 spiro atoms. The molecule has 1 saturated carbocycles. The quantitative estimate of drug-likeness (QED) is 0.919. The van der Waals surface area contributed by atoms with Crippen molar-refractivity contribution >= 4 is 0 Å². The zero-order valence-electron chi connectivity index (χ0n) is 14.1. The monoisotopic (exact) mass is 303 g/mol. The Morgan fingerprint density at radius 1 is 1.27 bits per heavy atom. The van der Waals surface area contributed by atoms with Gasteiger partial charge in [-0.05, 0) is 66.7 Å². The van der Waals surface area contributed by atoms with Crippen LogP contribution in [0.25, 0.3) is 0 Å². The molecule has 22 heavy (non-hydrogen) atoms. The molecular weight excluding hydrogens is 274 g/mol. The standard InChI is InChI=1S/C19H29NO2/c1-13(2)12-22-16-5-4-14-11-19(18(20)17(14)10-16)8-6-15(21-3)7-9-19/h4-5,10,13,15,18H,6-9,11-12,20H2,1-3H3/t15-,18?,19-. The number of nitrogens with two attached hydrogens (primary N) is 1. The Morgan fingerprint density at radius 3 is 2.64 bits per heavy atom. The van der Waals surface area contributed by atoms with Crippen molar-refractivity contribution in [3.63, 3.8) is 0 Å². The molecule has 0 aromatic heterocycles. The third-order valence-corrected chi connectivity index (χ3v) is 5.50. The van der Waals surface area contributed by atoms with Crippen LogP contribution in [0.3, 0.4) is 0 Å². The van der Waals surface area contributed by atoms with Gasteiger partial charge in [0.2, 0.25) is 0 Å². The largest absolute Gasteiger partial charge is 0.493 e. The average molecular weight is 303 g/mol. The molecule has 0 saturated heterocycles. The molecule has 3 heteroatoms. The Balaban J connectivity index is 1.75. The first kappa shape index (κ1) is 15.8. The fourth-order valence-corrected chi connectivity index (χ4v) is 4.09. The molecule has 2 aliphatic carbocycles. The van der Waals surface area contributed by atoms with Crippen molar-refractivity contribution in [3.05, 3.63) is 29.3 Å². The highest BCUT2D eigenvalue weighted by molar-refractivity contribution is 5.43. The highest BCUT2D eigenvalue weighted by atomic mass is 16.5. The smallest absolute Gasteiger partial charge is 0.119 e. The maximum atomic E-state index is 6.67. The molecule has 1 fully saturated rings. The molecule has 0 aliphatic heterocycles. The van der Waals surface area contributed by atoms with E-state index in [-0.39, 0.29) is 11.5 Å². The topological polar surface area (TPSA) is 44.5 Å². The van der Waals surface area contributed by atoms with Gasteiger partial charge in [0, 0.05) is 13.2 Å². The van der Waals surface area contributed by atoms with Gasteiger partial charge in [-0.1, -0.05) is 19.9 Å². The van der Waals surface area contributed by atoms with Crippen molar-refractivity contribution < 1.29 is 9.47 Å². The maximum absolute atomic E-state index is 6.67. The minimum Gasteiger partial charge on any atom is -0.493 e. The van der Waals surface area contributed by atoms with E-state index in [0.717, 1.165) is 31.6 Å². The average Bonchev–Trinajstić information content (AvgIpc) is 2.79. The van der Waals surface area contributed by atoms with Gasteiger partial charge in [0.1, 0.15) is 5.75 Å². The lowest BCUT2D eigenvalue weighted by Crippen LogP contribution is -2.37. The van der Waals surface area contributed by atoms with E-state index >= 15 is 0 Å². The molecule has 3 rings (SSSR count). The molecule has 0 radical (unpaired) electrons. The highest BCUT2D eigenvalue weighted by Gasteiger charge is 2.46. The zero-order chi connectivity index (χ0) is 15.7. The van der Waals surface area contributed by atoms with Gasteiger partial charge in [-0.15, -0.1) is 0 Å². The van der Waals surface area contributed by atoms with Gasteiger partial charge >= 0.3 is 0 Å². The van der Waals surface area contributed by atoms with Gasteiger partial charge in [0.05, 0.1) is 12.7 Å². The normalized spacial score (nSPS) is 30.8. The second-order valence-electron chi connectivity index (χ2n) is 7.52. The van der Waals surface area contributed by atoms with E-state index in [9.17, 15) is 0 Å². The number of rotatable bonds is 4. The van der Waals surface area contributed by atoms with Crippen LogP contribution in [-0.2, 0) is 11.2 Å². The number of fused-ring (bicyclic) bond motifs is 1. The van der Waals surface area contributed by atoms with Crippen molar-refractivity contribution in [2.45, 2.75) is 58.1 Å². The maximum Gasteiger partial charge on any atom is 0.119 e. The molecule has 0 heterocycles. The van der Waals surface area contributed by atoms with E-state index in [0.29, 0.717) is 12.0 Å². The number of ether oxygens (including phenoxy) is 2. The first-order valence-electron chi connectivity index (χ1n) is 8.58. The first-order valence-corrected chi connectivity index (χ1v) is 8.58. The molecule has 1 unspecified atom stereocenters. The third kappa shape index (κ3) is 2.89. The van der Waals surface area contributed by atoms with E-state index in [2.05, 4.69) is 32.0 Å². The van der Waals surface area contributed by atoms with Gasteiger partial charge in [-0.3, -0.25) is 0 Å². The van der Waals surface area contributed by atoms with Crippen LogP contribution in [0.4, 0.5) is 0 Å². The summed E-state index contributed by atoms with van der Waals surface area (Å²) in [6.45, 7) is 5.10. The molecule has 0 bridgehead atoms. The molecule has 1 aromatic rings. The van der Waals surface area contributed by atoms with Crippen LogP contribution in [0, 0.1) is 11.3 Å². The molecule has 2 aliphatic rings. The Hall–Kier alpha value is -1.06. The molecule has 122 valence electrons. The summed E-state index contributed by atoms with van der Waals surface area (Å²) in [5, 5.41) is 0. The third-order valence-electron chi connectivity index (χ3n) is 5.50. The molecule has 0 amide bonds. The lowest BCUT2D eigenvalue weighted by atomic mass is 9.69. The summed E-state index contributed by atoms with van der Waals surface area (Å²) in [4.78, 5) is 0. The minimum atomic E-state index is 0.142. The Morgan fingerprint density at radius 2 is 2.00 bits per heavy atom. The zero-order valence-corrected chi connectivity index (χ0v) is 14.1. The number of hydrogen-bond acceptors (Lipinski definition) is 3. The number of hydrogen-bond donors (Lipinski definition) is 1. The van der Waals surface area contributed by atoms with Crippen molar-refractivity contribution in [1.29, 1.82) is 0 Å².